The molecule has 1 amide bonds. The van der Waals surface area contributed by atoms with E-state index in [9.17, 15) is 4.79 Å². The molecule has 0 unspecified atom stereocenters. The molecule has 0 atom stereocenters. The molecule has 1 saturated heterocycles. The Bertz CT molecular complexity index is 437. The normalized spacial score (nSPS) is 22.2. The van der Waals surface area contributed by atoms with Crippen molar-refractivity contribution >= 4 is 27.7 Å². The Morgan fingerprint density at radius 1 is 1.18 bits per heavy atom. The zero-order valence-electron chi connectivity index (χ0n) is 9.49. The van der Waals surface area contributed by atoms with Gasteiger partial charge in [0.15, 0.2) is 0 Å². The van der Waals surface area contributed by atoms with Gasteiger partial charge in [-0.25, -0.2) is 4.79 Å². The van der Waals surface area contributed by atoms with Crippen molar-refractivity contribution in [3.8, 4) is 0 Å². The molecule has 90 valence electrons. The third-order valence-corrected chi connectivity index (χ3v) is 4.27. The van der Waals surface area contributed by atoms with Crippen molar-refractivity contribution < 1.29 is 9.53 Å². The monoisotopic (exact) mass is 295 g/mol. The van der Waals surface area contributed by atoms with Crippen molar-refractivity contribution in [2.75, 3.05) is 11.5 Å². The number of ether oxygens (including phenoxy) is 1. The molecule has 1 aliphatic heterocycles. The lowest BCUT2D eigenvalue weighted by Crippen LogP contribution is -2.45. The summed E-state index contributed by atoms with van der Waals surface area (Å²) in [5.41, 5.74) is 0.864. The van der Waals surface area contributed by atoms with E-state index in [0.717, 1.165) is 23.0 Å². The first-order valence-corrected chi connectivity index (χ1v) is 6.73. The van der Waals surface area contributed by atoms with Gasteiger partial charge in [-0.2, -0.15) is 0 Å². The Morgan fingerprint density at radius 3 is 2.47 bits per heavy atom. The highest BCUT2D eigenvalue weighted by Gasteiger charge is 2.49. The first kappa shape index (κ1) is 11.1. The molecule has 2 fully saturated rings. The largest absolute Gasteiger partial charge is 0.447 e. The van der Waals surface area contributed by atoms with Crippen molar-refractivity contribution in [1.82, 2.24) is 0 Å². The maximum atomic E-state index is 11.9. The number of nitrogens with zero attached hydrogens (tertiary/aromatic N) is 1. The van der Waals surface area contributed by atoms with Gasteiger partial charge in [-0.1, -0.05) is 28.8 Å². The molecular formula is C13H14BrNO2. The summed E-state index contributed by atoms with van der Waals surface area (Å²) < 4.78 is 6.29. The van der Waals surface area contributed by atoms with Crippen LogP contribution in [0.2, 0.25) is 0 Å². The van der Waals surface area contributed by atoms with E-state index in [4.69, 9.17) is 4.74 Å². The fraction of sp³-hybridized carbons (Fsp3) is 0.462. The fourth-order valence-electron chi connectivity index (χ4n) is 2.89. The SMILES string of the molecule is O=C1OCC2(CCCC2)N1c1ccc(Br)cc1. The van der Waals surface area contributed by atoms with E-state index in [1.165, 1.54) is 12.8 Å². The molecule has 1 heterocycles. The zero-order chi connectivity index (χ0) is 11.9. The summed E-state index contributed by atoms with van der Waals surface area (Å²) in [6.07, 6.45) is 4.27. The molecule has 0 bridgehead atoms. The van der Waals surface area contributed by atoms with Crippen LogP contribution in [0.25, 0.3) is 0 Å². The summed E-state index contributed by atoms with van der Waals surface area (Å²) in [6, 6.07) is 7.86. The van der Waals surface area contributed by atoms with Crippen LogP contribution in [-0.4, -0.2) is 18.2 Å². The van der Waals surface area contributed by atoms with E-state index < -0.39 is 0 Å². The summed E-state index contributed by atoms with van der Waals surface area (Å²) in [5.74, 6) is 0. The molecule has 3 nitrogen and oxygen atoms in total. The number of carbonyl (C=O) groups excluding carboxylic acids is 1. The molecule has 1 spiro atoms. The highest BCUT2D eigenvalue weighted by Crippen LogP contribution is 2.42. The van der Waals surface area contributed by atoms with E-state index in [2.05, 4.69) is 15.9 Å². The lowest BCUT2D eigenvalue weighted by Gasteiger charge is -2.31. The molecule has 0 radical (unpaired) electrons. The number of anilines is 1. The van der Waals surface area contributed by atoms with Crippen molar-refractivity contribution in [2.24, 2.45) is 0 Å². The maximum Gasteiger partial charge on any atom is 0.415 e. The second kappa shape index (κ2) is 4.02. The Morgan fingerprint density at radius 2 is 1.82 bits per heavy atom. The van der Waals surface area contributed by atoms with Crippen LogP contribution in [-0.2, 0) is 4.74 Å². The molecule has 2 aliphatic rings. The first-order chi connectivity index (χ1) is 8.21. The van der Waals surface area contributed by atoms with Crippen LogP contribution in [0, 0.1) is 0 Å². The molecule has 1 aromatic carbocycles. The van der Waals surface area contributed by atoms with Gasteiger partial charge in [0.2, 0.25) is 0 Å². The highest BCUT2D eigenvalue weighted by molar-refractivity contribution is 9.10. The molecule has 0 N–H and O–H groups in total. The van der Waals surface area contributed by atoms with Gasteiger partial charge in [-0.05, 0) is 37.1 Å². The van der Waals surface area contributed by atoms with Crippen LogP contribution in [0.1, 0.15) is 25.7 Å². The molecule has 3 rings (SSSR count). The topological polar surface area (TPSA) is 29.5 Å². The van der Waals surface area contributed by atoms with Crippen LogP contribution in [0.4, 0.5) is 10.5 Å². The number of rotatable bonds is 1. The summed E-state index contributed by atoms with van der Waals surface area (Å²) in [6.45, 7) is 0.544. The summed E-state index contributed by atoms with van der Waals surface area (Å²) in [4.78, 5) is 13.8. The van der Waals surface area contributed by atoms with E-state index in [1.54, 1.807) is 0 Å². The van der Waals surface area contributed by atoms with Gasteiger partial charge in [-0.15, -0.1) is 0 Å². The van der Waals surface area contributed by atoms with E-state index in [1.807, 2.05) is 29.2 Å². The van der Waals surface area contributed by atoms with E-state index in [-0.39, 0.29) is 11.6 Å². The first-order valence-electron chi connectivity index (χ1n) is 5.94. The van der Waals surface area contributed by atoms with Gasteiger partial charge in [0.1, 0.15) is 6.61 Å². The van der Waals surface area contributed by atoms with Gasteiger partial charge >= 0.3 is 6.09 Å². The van der Waals surface area contributed by atoms with Crippen LogP contribution in [0.5, 0.6) is 0 Å². The number of cyclic esters (lactones) is 1. The molecular weight excluding hydrogens is 282 g/mol. The second-order valence-corrected chi connectivity index (χ2v) is 5.71. The lowest BCUT2D eigenvalue weighted by atomic mass is 9.97. The van der Waals surface area contributed by atoms with Crippen molar-refractivity contribution in [3.05, 3.63) is 28.7 Å². The van der Waals surface area contributed by atoms with Crippen molar-refractivity contribution in [1.29, 1.82) is 0 Å². The molecule has 0 aromatic heterocycles. The quantitative estimate of drug-likeness (QED) is 0.790. The number of halogens is 1. The van der Waals surface area contributed by atoms with Crippen LogP contribution >= 0.6 is 15.9 Å². The summed E-state index contributed by atoms with van der Waals surface area (Å²) >= 11 is 3.41. The molecule has 4 heteroatoms. The van der Waals surface area contributed by atoms with E-state index in [0.29, 0.717) is 6.61 Å². The molecule has 1 saturated carbocycles. The summed E-state index contributed by atoms with van der Waals surface area (Å²) in [7, 11) is 0. The smallest absolute Gasteiger partial charge is 0.415 e. The highest BCUT2D eigenvalue weighted by atomic mass is 79.9. The predicted octanol–water partition coefficient (Wildman–Crippen LogP) is 3.72. The zero-order valence-corrected chi connectivity index (χ0v) is 11.1. The number of benzene rings is 1. The number of hydrogen-bond acceptors (Lipinski definition) is 2. The average molecular weight is 296 g/mol. The van der Waals surface area contributed by atoms with Crippen LogP contribution < -0.4 is 4.90 Å². The third-order valence-electron chi connectivity index (χ3n) is 3.74. The van der Waals surface area contributed by atoms with Crippen molar-refractivity contribution in [3.63, 3.8) is 0 Å². The van der Waals surface area contributed by atoms with Gasteiger partial charge in [0.25, 0.3) is 0 Å². The Labute approximate surface area is 109 Å². The van der Waals surface area contributed by atoms with Gasteiger partial charge in [-0.3, -0.25) is 4.90 Å². The Hall–Kier alpha value is -1.03. The second-order valence-electron chi connectivity index (χ2n) is 4.80. The lowest BCUT2D eigenvalue weighted by molar-refractivity contribution is 0.173. The minimum atomic E-state index is -0.200. The minimum Gasteiger partial charge on any atom is -0.447 e. The van der Waals surface area contributed by atoms with Crippen LogP contribution in [0.15, 0.2) is 28.7 Å². The van der Waals surface area contributed by atoms with E-state index >= 15 is 0 Å². The Balaban J connectivity index is 1.98. The minimum absolute atomic E-state index is 0.0785. The van der Waals surface area contributed by atoms with Gasteiger partial charge in [0.05, 0.1) is 5.54 Å². The Kier molecular flexibility index (Phi) is 2.62. The number of carbonyl (C=O) groups is 1. The predicted molar refractivity (Wildman–Crippen MR) is 69.2 cm³/mol. The third kappa shape index (κ3) is 1.75. The number of hydrogen-bond donors (Lipinski definition) is 0. The molecule has 17 heavy (non-hydrogen) atoms. The number of amides is 1. The standard InChI is InChI=1S/C13H14BrNO2/c14-10-3-5-11(6-4-10)15-12(16)17-9-13(15)7-1-2-8-13/h3-6H,1-2,7-9H2. The summed E-state index contributed by atoms with van der Waals surface area (Å²) in [5, 5.41) is 0. The van der Waals surface area contributed by atoms with Crippen LogP contribution in [0.3, 0.4) is 0 Å². The maximum absolute atomic E-state index is 11.9. The van der Waals surface area contributed by atoms with Crippen molar-refractivity contribution in [2.45, 2.75) is 31.2 Å². The van der Waals surface area contributed by atoms with Gasteiger partial charge in [0, 0.05) is 10.2 Å². The average Bonchev–Trinajstić information content (AvgIpc) is 2.91. The molecule has 1 aromatic rings. The van der Waals surface area contributed by atoms with Gasteiger partial charge < -0.3 is 4.74 Å². The fourth-order valence-corrected chi connectivity index (χ4v) is 3.15. The molecule has 1 aliphatic carbocycles.